The number of fused-ring (bicyclic) bond motifs is 2. The van der Waals surface area contributed by atoms with Gasteiger partial charge in [-0.2, -0.15) is 6.42 Å². The molecule has 8 fully saturated rings. The molecule has 2 aromatic carbocycles. The summed E-state index contributed by atoms with van der Waals surface area (Å²) in [5, 5.41) is 2.32. The number of epoxide rings is 2. The van der Waals surface area contributed by atoms with Gasteiger partial charge in [-0.3, -0.25) is 4.79 Å². The van der Waals surface area contributed by atoms with Crippen molar-refractivity contribution in [3.63, 3.8) is 0 Å². The van der Waals surface area contributed by atoms with Crippen LogP contribution in [-0.4, -0.2) is 94.0 Å². The fourth-order valence-corrected chi connectivity index (χ4v) is 26.7. The molecule has 0 amide bonds. The summed E-state index contributed by atoms with van der Waals surface area (Å²) in [6, 6.07) is 19.9. The van der Waals surface area contributed by atoms with Crippen LogP contribution in [0.5, 0.6) is 0 Å². The van der Waals surface area contributed by atoms with Crippen molar-refractivity contribution in [2.45, 2.75) is 409 Å². The second-order valence-electron chi connectivity index (χ2n) is 45.2. The number of allylic oxidation sites excluding steroid dienone is 4. The largest absolute Gasteiger partial charge is 1.00 e. The van der Waals surface area contributed by atoms with E-state index in [4.69, 9.17) is 27.2 Å². The normalized spacial score (nSPS) is 29.9. The molecule has 2 aromatic rings. The second-order valence-corrected chi connectivity index (χ2v) is 67.1. The average molecular weight is 1600 g/mol. The van der Waals surface area contributed by atoms with E-state index >= 15 is 0 Å². The smallest absolute Gasteiger partial charge is 0.410 e. The monoisotopic (exact) mass is 1600 g/mol. The molecule has 110 heavy (non-hydrogen) atoms. The van der Waals surface area contributed by atoms with Crippen LogP contribution in [0, 0.1) is 64.1 Å². The van der Waals surface area contributed by atoms with E-state index in [2.05, 4.69) is 237 Å². The van der Waals surface area contributed by atoms with Gasteiger partial charge in [0, 0.05) is 29.1 Å². The fraction of sp³-hybridized carbons (Fsp3) is 0.792. The zero-order valence-corrected chi connectivity index (χ0v) is 82.3. The van der Waals surface area contributed by atoms with Gasteiger partial charge >= 0.3 is 18.9 Å². The molecule has 6 saturated carbocycles. The molecule has 0 aromatic heterocycles. The molecule has 6 aliphatic carbocycles. The van der Waals surface area contributed by atoms with E-state index in [1.165, 1.54) is 107 Å². The Balaban J connectivity index is 0.000000265. The van der Waals surface area contributed by atoms with Crippen molar-refractivity contribution in [1.82, 2.24) is 0 Å². The number of unbranched alkanes of at least 4 members (excludes halogenated alkanes) is 1. The topological polar surface area (TPSA) is 96.1 Å². The van der Waals surface area contributed by atoms with E-state index in [0.717, 1.165) is 91.8 Å². The predicted molar refractivity (Wildman–Crippen MR) is 480 cm³/mol. The number of carbonyl (C=O) groups excluding carboxylic acids is 1. The summed E-state index contributed by atoms with van der Waals surface area (Å²) >= 11 is 0. The van der Waals surface area contributed by atoms with Gasteiger partial charge in [-0.15, -0.1) is 0 Å². The van der Waals surface area contributed by atoms with Gasteiger partial charge in [0.1, 0.15) is 24.1 Å². The Morgan fingerprint density at radius 3 is 1.17 bits per heavy atom. The summed E-state index contributed by atoms with van der Waals surface area (Å²) in [6.45, 7) is 78.2. The minimum Gasteiger partial charge on any atom is -0.410 e. The van der Waals surface area contributed by atoms with Crippen LogP contribution in [0.25, 0.3) is 0 Å². The minimum absolute atomic E-state index is 0. The third-order valence-corrected chi connectivity index (χ3v) is 51.2. The first-order valence-corrected chi connectivity index (χ1v) is 57.6. The van der Waals surface area contributed by atoms with Crippen LogP contribution in [0.1, 0.15) is 301 Å². The van der Waals surface area contributed by atoms with E-state index < -0.39 is 40.4 Å². The second kappa shape index (κ2) is 37.6. The zero-order valence-electron chi connectivity index (χ0n) is 77.4. The Bertz CT molecular complexity index is 3250. The maximum Gasteiger partial charge on any atom is 1.00 e. The van der Waals surface area contributed by atoms with Crippen LogP contribution in [0.4, 0.5) is 0 Å². The molecule has 0 radical (unpaired) electrons. The molecule has 622 valence electrons. The van der Waals surface area contributed by atoms with Crippen molar-refractivity contribution in [3.8, 4) is 0 Å². The van der Waals surface area contributed by atoms with Gasteiger partial charge in [-0.25, -0.2) is 0 Å². The fourth-order valence-electron chi connectivity index (χ4n) is 18.7. The number of carbonyl (C=O) groups is 1. The quantitative estimate of drug-likeness (QED) is 0.0378. The molecular weight excluding hydrogens is 1430 g/mol. The maximum atomic E-state index is 14.8. The molecule has 10 rings (SSSR count). The molecular formula is C96H168LiO8PSi4. The standard InChI is InChI=1S/C40H74O3Si2.C33H51O4PSi2.C19H34O.C4H9.Li/c1-29(18-16-24-36(2,3)4)32-22-23-33-31(19-17-25-39(32,33)11)21-20-30-26-34(42-44(12,13)37(5,6)7)40(28-41-40)35(27-30)43-45(14,15)38(8,9)10;1-31(2,3)39(7,8)36-29-23-26(24-30(33(29)25-35-33)37-40(9,10)32(4,5)6)21-22-38(34,27-17-13-11-14-18-27)28-19-15-12-16-20-28;1-14(8-6-12-18(2,3)4)15-10-11-16-17(20)9-7-13-19(15,16)5;1-3-4-2;/h20-21,29,32-35H,16-19,22-28H2,1-15H3;11-21,29-30H,22-25H2,1-10H3;14-16H,6-13H2,1-5H3;1,3-4H2,2H3;/q;;;-1;+1/b30-20?,31-21+;;;;/t29-,32?,33?,34-,35-,39?,40?;29-,30-,33?;14-,15?,16?,19?;;/m111../s1. The van der Waals surface area contributed by atoms with Gasteiger partial charge in [0.2, 0.25) is 0 Å². The number of hydrogen-bond acceptors (Lipinski definition) is 8. The Morgan fingerprint density at radius 2 is 0.845 bits per heavy atom. The first kappa shape index (κ1) is 97.6. The first-order chi connectivity index (χ1) is 50.0. The van der Waals surface area contributed by atoms with Crippen molar-refractivity contribution in [3.05, 3.63) is 103 Å². The third kappa shape index (κ3) is 24.1. The average Bonchev–Trinajstić information content (AvgIpc) is 1.57. The number of benzene rings is 2. The van der Waals surface area contributed by atoms with Crippen molar-refractivity contribution in [1.29, 1.82) is 0 Å². The Kier molecular flexibility index (Phi) is 33.4. The molecule has 2 spiro atoms. The van der Waals surface area contributed by atoms with E-state index in [1.807, 2.05) is 60.7 Å². The Morgan fingerprint density at radius 1 is 0.518 bits per heavy atom. The Labute approximate surface area is 694 Å². The van der Waals surface area contributed by atoms with Crippen molar-refractivity contribution < 1.29 is 55.4 Å². The van der Waals surface area contributed by atoms with E-state index in [-0.39, 0.29) is 74.6 Å². The minimum atomic E-state index is -2.85. The first-order valence-electron chi connectivity index (χ1n) is 44.1. The van der Waals surface area contributed by atoms with Crippen molar-refractivity contribution in [2.24, 2.45) is 57.2 Å². The summed E-state index contributed by atoms with van der Waals surface area (Å²) in [6.07, 6.45) is 34.4. The van der Waals surface area contributed by atoms with Crippen LogP contribution in [0.15, 0.2) is 95.6 Å². The molecule has 6 unspecified atom stereocenters. The SMILES string of the molecule is CC(C)(C)[Si](C)(C)O[C@@H]1CC(=CCP(=O)(c2ccccc2)c2ccccc2)C[C@@H](O[Si](C)(C)C(C)(C)C)C12CO2.C[C@H](CCCC(C)(C)C)C1CCC2/C(=C/C=C3C[C@@H](O[Si](C)(C)C(C)(C)C)C4(CO4)[C@H](O[Si](C)(C)C(C)(C)C)C3)CCCC21C.C[C@H](CCCC(C)(C)C)C1CCC2C(=O)CCCC21C.[CH2-]CCC.[Li+]. The van der Waals surface area contributed by atoms with E-state index in [9.17, 15) is 9.36 Å². The van der Waals surface area contributed by atoms with Crippen LogP contribution >= 0.6 is 7.14 Å². The molecule has 2 heterocycles. The van der Waals surface area contributed by atoms with Crippen LogP contribution in [-0.2, 0) is 36.5 Å². The zero-order chi connectivity index (χ0) is 81.9. The molecule has 14 heteroatoms. The predicted octanol–water partition coefficient (Wildman–Crippen LogP) is 24.8. The molecule has 2 saturated heterocycles. The maximum absolute atomic E-state index is 14.8. The number of hydrogen-bond donors (Lipinski definition) is 0. The van der Waals surface area contributed by atoms with E-state index in [1.54, 1.807) is 5.57 Å². The van der Waals surface area contributed by atoms with Crippen molar-refractivity contribution in [2.75, 3.05) is 19.4 Å². The van der Waals surface area contributed by atoms with Crippen LogP contribution in [0.3, 0.4) is 0 Å². The summed E-state index contributed by atoms with van der Waals surface area (Å²) in [5.74, 6) is 4.99. The van der Waals surface area contributed by atoms with Crippen molar-refractivity contribution >= 4 is 56.8 Å². The van der Waals surface area contributed by atoms with Gasteiger partial charge in [-0.05, 0) is 220 Å². The van der Waals surface area contributed by atoms with Gasteiger partial charge in [0.05, 0.1) is 37.6 Å². The van der Waals surface area contributed by atoms with Gasteiger partial charge in [-0.1, -0.05) is 287 Å². The number of rotatable bonds is 22. The molecule has 12 atom stereocenters. The van der Waals surface area contributed by atoms with Gasteiger partial charge in [0.25, 0.3) is 0 Å². The number of ketones is 1. The third-order valence-electron chi connectivity index (χ3n) is 30.3. The number of ether oxygens (including phenoxy) is 2. The van der Waals surface area contributed by atoms with Crippen LogP contribution < -0.4 is 29.5 Å². The molecule has 8 nitrogen and oxygen atoms in total. The van der Waals surface area contributed by atoms with Gasteiger partial charge < -0.3 is 38.7 Å². The Hall–Kier alpha value is -1.22. The molecule has 0 N–H and O–H groups in total. The van der Waals surface area contributed by atoms with E-state index in [0.29, 0.717) is 46.1 Å². The number of Topliss-reactive ketones (excluding diaryl/α,β-unsaturated/α-hetero) is 1. The van der Waals surface area contributed by atoms with Gasteiger partial charge in [0.15, 0.2) is 33.3 Å². The summed E-state index contributed by atoms with van der Waals surface area (Å²) in [7, 11) is -11.0. The molecule has 2 aliphatic heterocycles. The molecule has 0 bridgehead atoms. The molecule has 8 aliphatic rings. The summed E-state index contributed by atoms with van der Waals surface area (Å²) < 4.78 is 56.2. The summed E-state index contributed by atoms with van der Waals surface area (Å²) in [4.78, 5) is 12.2. The van der Waals surface area contributed by atoms with Crippen LogP contribution in [0.2, 0.25) is 72.5 Å². The summed E-state index contributed by atoms with van der Waals surface area (Å²) in [5.41, 5.74) is 5.56.